The summed E-state index contributed by atoms with van der Waals surface area (Å²) < 4.78 is 9.25. The number of carbonyl (C=O) groups is 5. The second-order valence-corrected chi connectivity index (χ2v) is 6.12. The Bertz CT molecular complexity index is 594. The fraction of sp³-hybridized carbons (Fsp3) is 0.688. The molecule has 12 heteroatoms. The van der Waals surface area contributed by atoms with Gasteiger partial charge in [-0.15, -0.1) is 0 Å². The molecule has 0 bridgehead atoms. The molecule has 1 atom stereocenters. The van der Waals surface area contributed by atoms with E-state index in [4.69, 9.17) is 9.84 Å². The highest BCUT2D eigenvalue weighted by atomic mass is 16.6. The number of cyclic esters (lactones) is 2. The van der Waals surface area contributed by atoms with Gasteiger partial charge in [-0.25, -0.2) is 4.79 Å². The molecule has 1 rings (SSSR count). The van der Waals surface area contributed by atoms with E-state index in [-0.39, 0.29) is 45.9 Å². The molecule has 1 amide bonds. The van der Waals surface area contributed by atoms with Crippen molar-refractivity contribution >= 4 is 30.0 Å². The summed E-state index contributed by atoms with van der Waals surface area (Å²) in [5, 5.41) is 18.2. The summed E-state index contributed by atoms with van der Waals surface area (Å²) in [6, 6.07) is -0.929. The molecule has 0 aliphatic carbocycles. The van der Waals surface area contributed by atoms with Crippen molar-refractivity contribution in [2.75, 3.05) is 52.4 Å². The molecule has 0 saturated carbocycles. The predicted octanol–water partition coefficient (Wildman–Crippen LogP) is -1.31. The zero-order valence-electron chi connectivity index (χ0n) is 15.8. The Morgan fingerprint density at radius 1 is 1.14 bits per heavy atom. The second kappa shape index (κ2) is 11.2. The van der Waals surface area contributed by atoms with Crippen LogP contribution in [0, 0.1) is 0 Å². The lowest BCUT2D eigenvalue weighted by Crippen LogP contribution is -2.50. The molecule has 158 valence electrons. The number of nitrogens with zero attached hydrogens (tertiary/aromatic N) is 3. The van der Waals surface area contributed by atoms with Gasteiger partial charge < -0.3 is 19.7 Å². The van der Waals surface area contributed by atoms with Gasteiger partial charge in [-0.2, -0.15) is 0 Å². The Balaban J connectivity index is 2.73. The van der Waals surface area contributed by atoms with Crippen LogP contribution in [0.1, 0.15) is 13.8 Å². The molecule has 0 radical (unpaired) electrons. The Morgan fingerprint density at radius 3 is 2.25 bits per heavy atom. The van der Waals surface area contributed by atoms with E-state index in [2.05, 4.69) is 4.74 Å². The van der Waals surface area contributed by atoms with Crippen molar-refractivity contribution in [1.29, 1.82) is 0 Å². The number of morpholine rings is 1. The van der Waals surface area contributed by atoms with Crippen LogP contribution in [0.15, 0.2) is 0 Å². The molecule has 1 fully saturated rings. The van der Waals surface area contributed by atoms with Gasteiger partial charge in [0.25, 0.3) is 0 Å². The number of esters is 2. The molecule has 1 unspecified atom stereocenters. The monoisotopic (exact) mass is 403 g/mol. The van der Waals surface area contributed by atoms with E-state index in [1.54, 1.807) is 6.92 Å². The highest BCUT2D eigenvalue weighted by Gasteiger charge is 2.28. The van der Waals surface area contributed by atoms with Crippen LogP contribution in [0.25, 0.3) is 0 Å². The summed E-state index contributed by atoms with van der Waals surface area (Å²) in [6.07, 6.45) is -0.808. The summed E-state index contributed by atoms with van der Waals surface area (Å²) in [5.41, 5.74) is 0. The number of amides is 1. The number of hydrogen-bond donors (Lipinski definition) is 2. The number of aliphatic carboxylic acids is 2. The van der Waals surface area contributed by atoms with Gasteiger partial charge in [0.05, 0.1) is 19.7 Å². The minimum absolute atomic E-state index is 0.0613. The van der Waals surface area contributed by atoms with Gasteiger partial charge >= 0.3 is 30.0 Å². The van der Waals surface area contributed by atoms with Crippen LogP contribution in [0.2, 0.25) is 0 Å². The van der Waals surface area contributed by atoms with E-state index in [1.807, 2.05) is 0 Å². The molecular weight excluding hydrogens is 378 g/mol. The number of carboxylic acid groups (broad SMARTS) is 2. The van der Waals surface area contributed by atoms with Gasteiger partial charge in [-0.1, -0.05) is 0 Å². The molecule has 12 nitrogen and oxygen atoms in total. The van der Waals surface area contributed by atoms with Crippen molar-refractivity contribution in [3.8, 4) is 0 Å². The van der Waals surface area contributed by atoms with Crippen molar-refractivity contribution in [1.82, 2.24) is 14.7 Å². The number of rotatable bonds is 11. The van der Waals surface area contributed by atoms with Crippen molar-refractivity contribution < 1.29 is 43.7 Å². The van der Waals surface area contributed by atoms with Crippen LogP contribution in [0.4, 0.5) is 4.79 Å². The average molecular weight is 403 g/mol. The van der Waals surface area contributed by atoms with Crippen molar-refractivity contribution in [3.05, 3.63) is 0 Å². The first-order chi connectivity index (χ1) is 13.1. The predicted molar refractivity (Wildman–Crippen MR) is 92.4 cm³/mol. The van der Waals surface area contributed by atoms with Gasteiger partial charge in [-0.05, 0) is 13.8 Å². The van der Waals surface area contributed by atoms with E-state index in [0.717, 1.165) is 4.90 Å². The van der Waals surface area contributed by atoms with Crippen LogP contribution >= 0.6 is 0 Å². The first-order valence-electron chi connectivity index (χ1n) is 8.70. The van der Waals surface area contributed by atoms with Crippen LogP contribution in [0.5, 0.6) is 0 Å². The van der Waals surface area contributed by atoms with Gasteiger partial charge in [0.15, 0.2) is 0 Å². The molecule has 1 aliphatic rings. The van der Waals surface area contributed by atoms with E-state index in [1.165, 1.54) is 16.7 Å². The molecule has 2 N–H and O–H groups in total. The van der Waals surface area contributed by atoms with Crippen LogP contribution in [-0.2, 0) is 28.7 Å². The molecular formula is C16H25N3O9. The maximum Gasteiger partial charge on any atom is 0.410 e. The van der Waals surface area contributed by atoms with Crippen molar-refractivity contribution in [2.24, 2.45) is 0 Å². The maximum atomic E-state index is 11.9. The van der Waals surface area contributed by atoms with Crippen LogP contribution < -0.4 is 0 Å². The van der Waals surface area contributed by atoms with E-state index in [9.17, 15) is 29.1 Å². The SMILES string of the molecule is CCOC(=O)N(CCN(CCN1CC(=O)OC(=O)C1)C(C)C(=O)O)CC(=O)O. The fourth-order valence-corrected chi connectivity index (χ4v) is 2.56. The quantitative estimate of drug-likeness (QED) is 0.312. The normalized spacial score (nSPS) is 15.8. The number of hydrogen-bond acceptors (Lipinski definition) is 9. The third kappa shape index (κ3) is 7.88. The molecule has 0 aromatic carbocycles. The third-order valence-corrected chi connectivity index (χ3v) is 4.05. The van der Waals surface area contributed by atoms with Gasteiger partial charge in [0.1, 0.15) is 12.6 Å². The lowest BCUT2D eigenvalue weighted by atomic mass is 10.2. The summed E-state index contributed by atoms with van der Waals surface area (Å²) >= 11 is 0. The number of carbonyl (C=O) groups excluding carboxylic acids is 3. The largest absolute Gasteiger partial charge is 0.480 e. The zero-order chi connectivity index (χ0) is 21.3. The minimum Gasteiger partial charge on any atom is -0.480 e. The standard InChI is InChI=1S/C16H25N3O9/c1-3-27-16(26)19(8-12(20)21)7-6-18(11(2)15(24)25)5-4-17-9-13(22)28-14(23)10-17/h11H,3-10H2,1-2H3,(H,20,21)(H,24,25). The lowest BCUT2D eigenvalue weighted by molar-refractivity contribution is -0.167. The number of ether oxygens (including phenoxy) is 2. The first-order valence-corrected chi connectivity index (χ1v) is 8.70. The Morgan fingerprint density at radius 2 is 1.75 bits per heavy atom. The van der Waals surface area contributed by atoms with E-state index in [0.29, 0.717) is 0 Å². The second-order valence-electron chi connectivity index (χ2n) is 6.12. The average Bonchev–Trinajstić information content (AvgIpc) is 2.59. The summed E-state index contributed by atoms with van der Waals surface area (Å²) in [6.45, 7) is 2.74. The molecule has 1 saturated heterocycles. The molecule has 1 aliphatic heterocycles. The Hall–Kier alpha value is -2.73. The molecule has 28 heavy (non-hydrogen) atoms. The fourth-order valence-electron chi connectivity index (χ4n) is 2.56. The van der Waals surface area contributed by atoms with Crippen molar-refractivity contribution in [3.63, 3.8) is 0 Å². The van der Waals surface area contributed by atoms with Gasteiger partial charge in [0.2, 0.25) is 0 Å². The molecule has 0 aromatic heterocycles. The Labute approximate surface area is 161 Å². The van der Waals surface area contributed by atoms with E-state index >= 15 is 0 Å². The van der Waals surface area contributed by atoms with Crippen molar-refractivity contribution in [2.45, 2.75) is 19.9 Å². The molecule has 0 aromatic rings. The molecule has 1 heterocycles. The van der Waals surface area contributed by atoms with Gasteiger partial charge in [0, 0.05) is 26.2 Å². The minimum atomic E-state index is -1.23. The topological polar surface area (TPSA) is 154 Å². The maximum absolute atomic E-state index is 11.9. The van der Waals surface area contributed by atoms with E-state index < -0.39 is 42.6 Å². The summed E-state index contributed by atoms with van der Waals surface area (Å²) in [4.78, 5) is 60.9. The highest BCUT2D eigenvalue weighted by molar-refractivity contribution is 5.90. The zero-order valence-corrected chi connectivity index (χ0v) is 15.8. The number of carboxylic acids is 2. The smallest absolute Gasteiger partial charge is 0.410 e. The molecule has 0 spiro atoms. The lowest BCUT2D eigenvalue weighted by Gasteiger charge is -2.31. The highest BCUT2D eigenvalue weighted by Crippen LogP contribution is 2.05. The van der Waals surface area contributed by atoms with Gasteiger partial charge in [-0.3, -0.25) is 33.9 Å². The first kappa shape index (κ1) is 23.3. The summed E-state index contributed by atoms with van der Waals surface area (Å²) in [7, 11) is 0. The third-order valence-electron chi connectivity index (χ3n) is 4.05. The Kier molecular flexibility index (Phi) is 9.32. The van der Waals surface area contributed by atoms with Crippen LogP contribution in [-0.4, -0.2) is 113 Å². The summed E-state index contributed by atoms with van der Waals surface area (Å²) in [5.74, 6) is -3.68. The van der Waals surface area contributed by atoms with Crippen LogP contribution in [0.3, 0.4) is 0 Å².